The molecule has 0 saturated carbocycles. The predicted octanol–water partition coefficient (Wildman–Crippen LogP) is 6.94. The van der Waals surface area contributed by atoms with E-state index in [-0.39, 0.29) is 0 Å². The first-order chi connectivity index (χ1) is 13.2. The Hall–Kier alpha value is -2.11. The van der Waals surface area contributed by atoms with Crippen LogP contribution < -0.4 is 9.47 Å². The molecule has 0 amide bonds. The molecule has 0 bridgehead atoms. The fourth-order valence-corrected chi connectivity index (χ4v) is 3.87. The maximum Gasteiger partial charge on any atom is 0.142 e. The lowest BCUT2D eigenvalue weighted by atomic mass is 10.2. The van der Waals surface area contributed by atoms with Crippen molar-refractivity contribution in [2.45, 2.75) is 13.5 Å². The molecule has 0 unspecified atom stereocenters. The fraction of sp³-hybridized carbons (Fsp3) is 0.136. The summed E-state index contributed by atoms with van der Waals surface area (Å²) in [4.78, 5) is 4.57. The molecular formula is C22H19Br2NO2. The van der Waals surface area contributed by atoms with E-state index in [1.54, 1.807) is 0 Å². The Kier molecular flexibility index (Phi) is 7.07. The summed E-state index contributed by atoms with van der Waals surface area (Å²) in [6.45, 7) is 3.11. The van der Waals surface area contributed by atoms with Crippen molar-refractivity contribution in [3.05, 3.63) is 86.8 Å². The van der Waals surface area contributed by atoms with Gasteiger partial charge in [0.05, 0.1) is 16.8 Å². The van der Waals surface area contributed by atoms with Gasteiger partial charge in [0.2, 0.25) is 0 Å². The number of benzene rings is 3. The molecule has 0 aromatic heterocycles. The van der Waals surface area contributed by atoms with Gasteiger partial charge in [0.25, 0.3) is 0 Å². The molecule has 0 aliphatic rings. The topological polar surface area (TPSA) is 30.8 Å². The lowest BCUT2D eigenvalue weighted by Gasteiger charge is -2.12. The van der Waals surface area contributed by atoms with Gasteiger partial charge in [-0.15, -0.1) is 0 Å². The van der Waals surface area contributed by atoms with Gasteiger partial charge < -0.3 is 9.47 Å². The van der Waals surface area contributed by atoms with E-state index in [0.717, 1.165) is 37.3 Å². The predicted molar refractivity (Wildman–Crippen MR) is 117 cm³/mol. The van der Waals surface area contributed by atoms with Crippen molar-refractivity contribution in [3.8, 4) is 11.5 Å². The Labute approximate surface area is 176 Å². The third-order valence-electron chi connectivity index (χ3n) is 3.76. The second-order valence-corrected chi connectivity index (χ2v) is 7.54. The molecule has 138 valence electrons. The molecule has 0 aliphatic heterocycles. The SMILES string of the molecule is CCOc1ccc(N=Cc2cc(Br)cc(Br)c2OCc2ccccc2)cc1. The van der Waals surface area contributed by atoms with Crippen molar-refractivity contribution in [2.24, 2.45) is 4.99 Å². The number of rotatable bonds is 7. The second kappa shape index (κ2) is 9.72. The number of halogens is 2. The molecule has 3 nitrogen and oxygen atoms in total. The highest BCUT2D eigenvalue weighted by molar-refractivity contribution is 9.11. The monoisotopic (exact) mass is 487 g/mol. The van der Waals surface area contributed by atoms with E-state index in [0.29, 0.717) is 13.2 Å². The summed E-state index contributed by atoms with van der Waals surface area (Å²) in [5.74, 6) is 1.60. The van der Waals surface area contributed by atoms with Gasteiger partial charge in [-0.2, -0.15) is 0 Å². The summed E-state index contributed by atoms with van der Waals surface area (Å²) >= 11 is 7.12. The Balaban J connectivity index is 1.81. The van der Waals surface area contributed by atoms with Crippen LogP contribution >= 0.6 is 31.9 Å². The first kappa shape index (κ1) is 19.6. The van der Waals surface area contributed by atoms with E-state index in [1.165, 1.54) is 0 Å². The van der Waals surface area contributed by atoms with Gasteiger partial charge in [-0.3, -0.25) is 4.99 Å². The minimum atomic E-state index is 0.491. The molecule has 0 spiro atoms. The van der Waals surface area contributed by atoms with Gasteiger partial charge in [0, 0.05) is 16.3 Å². The molecule has 27 heavy (non-hydrogen) atoms. The van der Waals surface area contributed by atoms with Crippen LogP contribution in [-0.2, 0) is 6.61 Å². The lowest BCUT2D eigenvalue weighted by molar-refractivity contribution is 0.304. The van der Waals surface area contributed by atoms with E-state index in [2.05, 4.69) is 36.9 Å². The largest absolute Gasteiger partial charge is 0.494 e. The van der Waals surface area contributed by atoms with E-state index in [1.807, 2.05) is 79.9 Å². The summed E-state index contributed by atoms with van der Waals surface area (Å²) in [6, 6.07) is 21.7. The van der Waals surface area contributed by atoms with Crippen LogP contribution in [-0.4, -0.2) is 12.8 Å². The minimum Gasteiger partial charge on any atom is -0.494 e. The third-order valence-corrected chi connectivity index (χ3v) is 4.81. The van der Waals surface area contributed by atoms with Gasteiger partial charge in [-0.25, -0.2) is 0 Å². The van der Waals surface area contributed by atoms with Crippen molar-refractivity contribution in [1.82, 2.24) is 0 Å². The fourth-order valence-electron chi connectivity index (χ4n) is 2.50. The van der Waals surface area contributed by atoms with Crippen molar-refractivity contribution in [2.75, 3.05) is 6.61 Å². The van der Waals surface area contributed by atoms with Crippen LogP contribution in [0, 0.1) is 0 Å². The molecule has 3 rings (SSSR count). The Morgan fingerprint density at radius 2 is 1.67 bits per heavy atom. The summed E-state index contributed by atoms with van der Waals surface area (Å²) < 4.78 is 13.4. The maximum atomic E-state index is 6.07. The molecular weight excluding hydrogens is 470 g/mol. The van der Waals surface area contributed by atoms with E-state index < -0.39 is 0 Å². The molecule has 0 heterocycles. The van der Waals surface area contributed by atoms with Gasteiger partial charge in [0.15, 0.2) is 0 Å². The van der Waals surface area contributed by atoms with Crippen LogP contribution in [0.5, 0.6) is 11.5 Å². The number of ether oxygens (including phenoxy) is 2. The van der Waals surface area contributed by atoms with Crippen LogP contribution in [0.1, 0.15) is 18.1 Å². The Morgan fingerprint density at radius 1 is 0.926 bits per heavy atom. The first-order valence-electron chi connectivity index (χ1n) is 8.58. The summed E-state index contributed by atoms with van der Waals surface area (Å²) in [5.41, 5.74) is 2.85. The first-order valence-corrected chi connectivity index (χ1v) is 10.2. The van der Waals surface area contributed by atoms with Gasteiger partial charge in [-0.05, 0) is 64.8 Å². The van der Waals surface area contributed by atoms with Crippen LogP contribution in [0.15, 0.2) is 80.7 Å². The molecule has 0 atom stereocenters. The second-order valence-electron chi connectivity index (χ2n) is 5.77. The van der Waals surface area contributed by atoms with Crippen molar-refractivity contribution in [3.63, 3.8) is 0 Å². The highest BCUT2D eigenvalue weighted by Gasteiger charge is 2.09. The number of nitrogens with zero attached hydrogens (tertiary/aromatic N) is 1. The van der Waals surface area contributed by atoms with E-state index >= 15 is 0 Å². The van der Waals surface area contributed by atoms with E-state index in [9.17, 15) is 0 Å². The molecule has 0 fully saturated rings. The summed E-state index contributed by atoms with van der Waals surface area (Å²) in [5, 5.41) is 0. The van der Waals surface area contributed by atoms with Crippen LogP contribution in [0.3, 0.4) is 0 Å². The van der Waals surface area contributed by atoms with Gasteiger partial charge in [-0.1, -0.05) is 46.3 Å². The molecule has 5 heteroatoms. The van der Waals surface area contributed by atoms with Crippen molar-refractivity contribution < 1.29 is 9.47 Å². The van der Waals surface area contributed by atoms with Gasteiger partial charge in [0.1, 0.15) is 18.1 Å². The Bertz CT molecular complexity index is 910. The number of hydrogen-bond acceptors (Lipinski definition) is 3. The lowest BCUT2D eigenvalue weighted by Crippen LogP contribution is -1.99. The normalized spacial score (nSPS) is 10.9. The highest BCUT2D eigenvalue weighted by atomic mass is 79.9. The number of aliphatic imine (C=N–C) groups is 1. The van der Waals surface area contributed by atoms with Crippen molar-refractivity contribution >= 4 is 43.8 Å². The minimum absolute atomic E-state index is 0.491. The van der Waals surface area contributed by atoms with Gasteiger partial charge >= 0.3 is 0 Å². The van der Waals surface area contributed by atoms with Crippen LogP contribution in [0.25, 0.3) is 0 Å². The smallest absolute Gasteiger partial charge is 0.142 e. The molecule has 0 radical (unpaired) electrons. The average Bonchev–Trinajstić information content (AvgIpc) is 2.67. The molecule has 3 aromatic carbocycles. The summed E-state index contributed by atoms with van der Waals surface area (Å²) in [7, 11) is 0. The maximum absolute atomic E-state index is 6.07. The molecule has 0 aliphatic carbocycles. The zero-order chi connectivity index (χ0) is 19.1. The summed E-state index contributed by atoms with van der Waals surface area (Å²) in [6.07, 6.45) is 1.81. The molecule has 0 N–H and O–H groups in total. The Morgan fingerprint density at radius 3 is 2.37 bits per heavy atom. The molecule has 0 saturated heterocycles. The highest BCUT2D eigenvalue weighted by Crippen LogP contribution is 2.33. The van der Waals surface area contributed by atoms with E-state index in [4.69, 9.17) is 9.47 Å². The average molecular weight is 489 g/mol. The molecule has 3 aromatic rings. The standard InChI is InChI=1S/C22H19Br2NO2/c1-2-26-20-10-8-19(9-11-20)25-14-17-12-18(23)13-21(24)22(17)27-15-16-6-4-3-5-7-16/h3-14H,2,15H2,1H3. The zero-order valence-corrected chi connectivity index (χ0v) is 18.0. The van der Waals surface area contributed by atoms with Crippen LogP contribution in [0.4, 0.5) is 5.69 Å². The zero-order valence-electron chi connectivity index (χ0n) is 14.9. The number of hydrogen-bond donors (Lipinski definition) is 0. The van der Waals surface area contributed by atoms with Crippen LogP contribution in [0.2, 0.25) is 0 Å². The quantitative estimate of drug-likeness (QED) is 0.337. The third kappa shape index (κ3) is 5.68. The van der Waals surface area contributed by atoms with Crippen molar-refractivity contribution in [1.29, 1.82) is 0 Å².